The van der Waals surface area contributed by atoms with Gasteiger partial charge in [-0.15, -0.1) is 0 Å². The average molecular weight is 234 g/mol. The van der Waals surface area contributed by atoms with E-state index in [0.29, 0.717) is 11.6 Å². The van der Waals surface area contributed by atoms with Crippen molar-refractivity contribution in [2.75, 3.05) is 5.32 Å². The van der Waals surface area contributed by atoms with Gasteiger partial charge >= 0.3 is 5.97 Å². The van der Waals surface area contributed by atoms with Crippen LogP contribution in [0.15, 0.2) is 18.3 Å². The van der Waals surface area contributed by atoms with Crippen LogP contribution in [0.1, 0.15) is 30.3 Å². The van der Waals surface area contributed by atoms with Crippen LogP contribution in [0.2, 0.25) is 0 Å². The second-order valence-electron chi connectivity index (χ2n) is 4.35. The van der Waals surface area contributed by atoms with Crippen molar-refractivity contribution in [1.29, 1.82) is 0 Å². The SMILES string of the molecule is CC(C(=O)Nc1ccnc(C(=O)O)c1)C1CC1. The molecule has 0 spiro atoms. The molecule has 1 atom stereocenters. The third-order valence-electron chi connectivity index (χ3n) is 2.99. The molecule has 90 valence electrons. The van der Waals surface area contributed by atoms with E-state index in [0.717, 1.165) is 12.8 Å². The summed E-state index contributed by atoms with van der Waals surface area (Å²) in [5.74, 6) is -0.696. The summed E-state index contributed by atoms with van der Waals surface area (Å²) in [7, 11) is 0. The number of anilines is 1. The monoisotopic (exact) mass is 234 g/mol. The third kappa shape index (κ3) is 2.81. The zero-order chi connectivity index (χ0) is 12.4. The molecule has 1 amide bonds. The van der Waals surface area contributed by atoms with Gasteiger partial charge in [-0.25, -0.2) is 9.78 Å². The van der Waals surface area contributed by atoms with Crippen molar-refractivity contribution >= 4 is 17.6 Å². The van der Waals surface area contributed by atoms with Crippen LogP contribution in [0.25, 0.3) is 0 Å². The van der Waals surface area contributed by atoms with Gasteiger partial charge in [0.25, 0.3) is 0 Å². The van der Waals surface area contributed by atoms with Gasteiger partial charge < -0.3 is 10.4 Å². The lowest BCUT2D eigenvalue weighted by Gasteiger charge is -2.11. The number of hydrogen-bond acceptors (Lipinski definition) is 3. The first-order valence-electron chi connectivity index (χ1n) is 5.58. The molecule has 17 heavy (non-hydrogen) atoms. The number of hydrogen-bond donors (Lipinski definition) is 2. The van der Waals surface area contributed by atoms with Crippen molar-refractivity contribution < 1.29 is 14.7 Å². The zero-order valence-corrected chi connectivity index (χ0v) is 9.51. The molecular weight excluding hydrogens is 220 g/mol. The average Bonchev–Trinajstić information content (AvgIpc) is 3.12. The van der Waals surface area contributed by atoms with Gasteiger partial charge in [0.1, 0.15) is 5.69 Å². The number of aromatic nitrogens is 1. The Balaban J connectivity index is 2.04. The molecule has 1 aliphatic rings. The highest BCUT2D eigenvalue weighted by molar-refractivity contribution is 5.94. The Morgan fingerprint density at radius 2 is 2.24 bits per heavy atom. The van der Waals surface area contributed by atoms with Gasteiger partial charge in [0.15, 0.2) is 0 Å². The summed E-state index contributed by atoms with van der Waals surface area (Å²) in [6.45, 7) is 1.90. The van der Waals surface area contributed by atoms with Crippen LogP contribution in [-0.2, 0) is 4.79 Å². The molecule has 5 heteroatoms. The summed E-state index contributed by atoms with van der Waals surface area (Å²) in [5.41, 5.74) is 0.414. The van der Waals surface area contributed by atoms with E-state index in [2.05, 4.69) is 10.3 Å². The highest BCUT2D eigenvalue weighted by Crippen LogP contribution is 2.37. The number of amides is 1. The summed E-state index contributed by atoms with van der Waals surface area (Å²) >= 11 is 0. The van der Waals surface area contributed by atoms with Crippen molar-refractivity contribution in [2.45, 2.75) is 19.8 Å². The van der Waals surface area contributed by atoms with E-state index >= 15 is 0 Å². The molecule has 1 fully saturated rings. The van der Waals surface area contributed by atoms with E-state index in [1.54, 1.807) is 6.07 Å². The van der Waals surface area contributed by atoms with Gasteiger partial charge in [0, 0.05) is 17.8 Å². The lowest BCUT2D eigenvalue weighted by Crippen LogP contribution is -2.22. The quantitative estimate of drug-likeness (QED) is 0.832. The maximum atomic E-state index is 11.8. The van der Waals surface area contributed by atoms with Crippen molar-refractivity contribution in [3.8, 4) is 0 Å². The number of carboxylic acid groups (broad SMARTS) is 1. The Morgan fingerprint density at radius 3 is 2.82 bits per heavy atom. The third-order valence-corrected chi connectivity index (χ3v) is 2.99. The topological polar surface area (TPSA) is 79.3 Å². The fraction of sp³-hybridized carbons (Fsp3) is 0.417. The largest absolute Gasteiger partial charge is 0.477 e. The molecule has 1 saturated carbocycles. The van der Waals surface area contributed by atoms with Crippen molar-refractivity contribution in [2.24, 2.45) is 11.8 Å². The van der Waals surface area contributed by atoms with Crippen LogP contribution in [0.4, 0.5) is 5.69 Å². The number of rotatable bonds is 4. The molecule has 5 nitrogen and oxygen atoms in total. The molecule has 0 aromatic carbocycles. The molecule has 0 bridgehead atoms. The molecule has 2 rings (SSSR count). The number of pyridine rings is 1. The summed E-state index contributed by atoms with van der Waals surface area (Å²) in [6, 6.07) is 2.95. The lowest BCUT2D eigenvalue weighted by molar-refractivity contribution is -0.119. The predicted octanol–water partition coefficient (Wildman–Crippen LogP) is 1.76. The molecule has 0 saturated heterocycles. The molecule has 0 aliphatic heterocycles. The Bertz CT molecular complexity index is 455. The lowest BCUT2D eigenvalue weighted by atomic mass is 10.1. The van der Waals surface area contributed by atoms with Crippen LogP contribution in [0.3, 0.4) is 0 Å². The van der Waals surface area contributed by atoms with Crippen molar-refractivity contribution in [3.63, 3.8) is 0 Å². The fourth-order valence-electron chi connectivity index (χ4n) is 1.69. The van der Waals surface area contributed by atoms with Gasteiger partial charge in [-0.05, 0) is 30.9 Å². The molecule has 1 aromatic heterocycles. The van der Waals surface area contributed by atoms with Crippen molar-refractivity contribution in [3.05, 3.63) is 24.0 Å². The van der Waals surface area contributed by atoms with E-state index in [4.69, 9.17) is 5.11 Å². The molecule has 0 radical (unpaired) electrons. The van der Waals surface area contributed by atoms with Gasteiger partial charge in [-0.3, -0.25) is 4.79 Å². The zero-order valence-electron chi connectivity index (χ0n) is 9.51. The molecule has 2 N–H and O–H groups in total. The van der Waals surface area contributed by atoms with Crippen LogP contribution >= 0.6 is 0 Å². The van der Waals surface area contributed by atoms with Crippen LogP contribution < -0.4 is 5.32 Å². The van der Waals surface area contributed by atoms with E-state index < -0.39 is 5.97 Å². The molecule has 1 unspecified atom stereocenters. The standard InChI is InChI=1S/C12H14N2O3/c1-7(8-2-3-8)11(15)14-9-4-5-13-10(6-9)12(16)17/h4-8H,2-3H2,1H3,(H,16,17)(H,13,14,15). The van der Waals surface area contributed by atoms with Gasteiger partial charge in [0.2, 0.25) is 5.91 Å². The van der Waals surface area contributed by atoms with Crippen LogP contribution in [0, 0.1) is 11.8 Å². The second kappa shape index (κ2) is 4.53. The first kappa shape index (κ1) is 11.6. The van der Waals surface area contributed by atoms with E-state index in [1.165, 1.54) is 12.3 Å². The number of aromatic carboxylic acids is 1. The molecule has 1 aliphatic carbocycles. The fourth-order valence-corrected chi connectivity index (χ4v) is 1.69. The van der Waals surface area contributed by atoms with E-state index in [9.17, 15) is 9.59 Å². The maximum absolute atomic E-state index is 11.8. The number of carbonyl (C=O) groups is 2. The molecule has 1 aromatic rings. The number of nitrogens with one attached hydrogen (secondary N) is 1. The minimum atomic E-state index is -1.10. The Hall–Kier alpha value is -1.91. The van der Waals surface area contributed by atoms with Crippen LogP contribution in [0.5, 0.6) is 0 Å². The number of nitrogens with zero attached hydrogens (tertiary/aromatic N) is 1. The minimum Gasteiger partial charge on any atom is -0.477 e. The highest BCUT2D eigenvalue weighted by Gasteiger charge is 2.32. The van der Waals surface area contributed by atoms with E-state index in [1.807, 2.05) is 6.92 Å². The normalized spacial score (nSPS) is 16.3. The summed E-state index contributed by atoms with van der Waals surface area (Å²) in [6.07, 6.45) is 3.58. The first-order valence-corrected chi connectivity index (χ1v) is 5.58. The summed E-state index contributed by atoms with van der Waals surface area (Å²) in [4.78, 5) is 26.2. The maximum Gasteiger partial charge on any atom is 0.354 e. The summed E-state index contributed by atoms with van der Waals surface area (Å²) in [5, 5.41) is 11.5. The minimum absolute atomic E-state index is 0.0172. The van der Waals surface area contributed by atoms with Crippen molar-refractivity contribution in [1.82, 2.24) is 4.98 Å². The van der Waals surface area contributed by atoms with Gasteiger partial charge in [-0.2, -0.15) is 0 Å². The van der Waals surface area contributed by atoms with Gasteiger partial charge in [0.05, 0.1) is 0 Å². The second-order valence-corrected chi connectivity index (χ2v) is 4.35. The molecule has 1 heterocycles. The van der Waals surface area contributed by atoms with E-state index in [-0.39, 0.29) is 17.5 Å². The number of carboxylic acids is 1. The smallest absolute Gasteiger partial charge is 0.354 e. The first-order chi connectivity index (χ1) is 8.08. The van der Waals surface area contributed by atoms with Crippen LogP contribution in [-0.4, -0.2) is 22.0 Å². The Labute approximate surface area is 98.9 Å². The predicted molar refractivity (Wildman–Crippen MR) is 61.7 cm³/mol. The number of carbonyl (C=O) groups excluding carboxylic acids is 1. The highest BCUT2D eigenvalue weighted by atomic mass is 16.4. The Kier molecular flexibility index (Phi) is 3.08. The molecular formula is C12H14N2O3. The van der Waals surface area contributed by atoms with Gasteiger partial charge in [-0.1, -0.05) is 6.92 Å². The Morgan fingerprint density at radius 1 is 1.53 bits per heavy atom. The summed E-state index contributed by atoms with van der Waals surface area (Å²) < 4.78 is 0.